The quantitative estimate of drug-likeness (QED) is 0.672. The first-order valence-electron chi connectivity index (χ1n) is 5.77. The number of hydrogen-bond acceptors (Lipinski definition) is 4. The van der Waals surface area contributed by atoms with Crippen LogP contribution in [0.3, 0.4) is 0 Å². The fourth-order valence-electron chi connectivity index (χ4n) is 2.49. The van der Waals surface area contributed by atoms with Crippen LogP contribution < -0.4 is 0 Å². The Labute approximate surface area is 90.8 Å². The first kappa shape index (κ1) is 11.3. The average molecular weight is 215 g/mol. The Morgan fingerprint density at radius 3 is 2.93 bits per heavy atom. The normalized spacial score (nSPS) is 43.4. The molecule has 2 N–H and O–H groups in total. The summed E-state index contributed by atoms with van der Waals surface area (Å²) >= 11 is 0. The number of likely N-dealkylation sites (tertiary alicyclic amines) is 1. The van der Waals surface area contributed by atoms with E-state index in [1.807, 2.05) is 6.92 Å². The predicted octanol–water partition coefficient (Wildman–Crippen LogP) is -0.160. The highest BCUT2D eigenvalue weighted by atomic mass is 16.5. The molecular weight excluding hydrogens is 194 g/mol. The molecule has 0 aromatic heterocycles. The number of aliphatic hydroxyl groups excluding tert-OH is 1. The van der Waals surface area contributed by atoms with Crippen molar-refractivity contribution in [2.45, 2.75) is 31.5 Å². The number of ether oxygens (including phenoxy) is 1. The molecule has 0 radical (unpaired) electrons. The van der Waals surface area contributed by atoms with Gasteiger partial charge in [-0.3, -0.25) is 4.90 Å². The molecule has 0 spiro atoms. The lowest BCUT2D eigenvalue weighted by Crippen LogP contribution is -2.41. The van der Waals surface area contributed by atoms with Gasteiger partial charge < -0.3 is 14.9 Å². The molecule has 0 saturated carbocycles. The minimum atomic E-state index is -0.541. The monoisotopic (exact) mass is 215 g/mol. The van der Waals surface area contributed by atoms with Gasteiger partial charge in [0.15, 0.2) is 0 Å². The summed E-state index contributed by atoms with van der Waals surface area (Å²) in [6.07, 6.45) is 1.34. The van der Waals surface area contributed by atoms with Gasteiger partial charge in [-0.1, -0.05) is 0 Å². The highest BCUT2D eigenvalue weighted by molar-refractivity contribution is 4.88. The molecule has 2 saturated heterocycles. The van der Waals surface area contributed by atoms with Gasteiger partial charge in [-0.25, -0.2) is 0 Å². The molecule has 2 heterocycles. The first-order valence-corrected chi connectivity index (χ1v) is 5.77. The molecular formula is C11H21NO3. The van der Waals surface area contributed by atoms with Crippen LogP contribution in [0.4, 0.5) is 0 Å². The molecule has 0 bridgehead atoms. The van der Waals surface area contributed by atoms with Gasteiger partial charge in [0, 0.05) is 32.2 Å². The van der Waals surface area contributed by atoms with Gasteiger partial charge in [0.2, 0.25) is 0 Å². The maximum Gasteiger partial charge on any atom is 0.0758 e. The van der Waals surface area contributed by atoms with Crippen LogP contribution in [0.25, 0.3) is 0 Å². The SMILES string of the molecule is CC1(O)CCN(CC2COCCC2O)C1. The molecule has 2 aliphatic rings. The number of rotatable bonds is 2. The fourth-order valence-corrected chi connectivity index (χ4v) is 2.49. The van der Waals surface area contributed by atoms with Crippen molar-refractivity contribution >= 4 is 0 Å². The van der Waals surface area contributed by atoms with Crippen molar-refractivity contribution < 1.29 is 14.9 Å². The Morgan fingerprint density at radius 2 is 2.33 bits per heavy atom. The smallest absolute Gasteiger partial charge is 0.0758 e. The summed E-state index contributed by atoms with van der Waals surface area (Å²) in [6, 6.07) is 0. The summed E-state index contributed by atoms with van der Waals surface area (Å²) in [4.78, 5) is 2.22. The van der Waals surface area contributed by atoms with E-state index >= 15 is 0 Å². The van der Waals surface area contributed by atoms with Crippen LogP contribution in [0.1, 0.15) is 19.8 Å². The standard InChI is InChI=1S/C11H21NO3/c1-11(14)3-4-12(8-11)6-9-7-15-5-2-10(9)13/h9-10,13-14H,2-8H2,1H3. The lowest BCUT2D eigenvalue weighted by molar-refractivity contribution is -0.0468. The molecule has 2 rings (SSSR count). The minimum absolute atomic E-state index is 0.215. The zero-order valence-electron chi connectivity index (χ0n) is 9.35. The lowest BCUT2D eigenvalue weighted by atomic mass is 9.98. The Morgan fingerprint density at radius 1 is 1.53 bits per heavy atom. The van der Waals surface area contributed by atoms with Crippen LogP contribution in [-0.4, -0.2) is 59.7 Å². The molecule has 3 unspecified atom stereocenters. The van der Waals surface area contributed by atoms with E-state index in [0.29, 0.717) is 13.2 Å². The van der Waals surface area contributed by atoms with Crippen molar-refractivity contribution in [1.82, 2.24) is 4.90 Å². The highest BCUT2D eigenvalue weighted by Crippen LogP contribution is 2.23. The zero-order valence-corrected chi connectivity index (χ0v) is 9.35. The van der Waals surface area contributed by atoms with Gasteiger partial charge in [-0.2, -0.15) is 0 Å². The Bertz CT molecular complexity index is 220. The molecule has 88 valence electrons. The van der Waals surface area contributed by atoms with Crippen LogP contribution in [0.2, 0.25) is 0 Å². The third kappa shape index (κ3) is 2.91. The van der Waals surface area contributed by atoms with E-state index in [4.69, 9.17) is 4.74 Å². The van der Waals surface area contributed by atoms with Crippen LogP contribution >= 0.6 is 0 Å². The average Bonchev–Trinajstić information content (AvgIpc) is 2.50. The molecule has 0 aromatic rings. The third-order valence-electron chi connectivity index (χ3n) is 3.46. The van der Waals surface area contributed by atoms with E-state index in [9.17, 15) is 10.2 Å². The summed E-state index contributed by atoms with van der Waals surface area (Å²) < 4.78 is 5.37. The van der Waals surface area contributed by atoms with Crippen molar-refractivity contribution in [1.29, 1.82) is 0 Å². The Balaban J connectivity index is 1.81. The molecule has 0 aliphatic carbocycles. The van der Waals surface area contributed by atoms with Gasteiger partial charge in [0.05, 0.1) is 18.3 Å². The molecule has 2 aliphatic heterocycles. The minimum Gasteiger partial charge on any atom is -0.393 e. The van der Waals surface area contributed by atoms with Gasteiger partial charge in [-0.15, -0.1) is 0 Å². The molecule has 3 atom stereocenters. The van der Waals surface area contributed by atoms with Gasteiger partial charge >= 0.3 is 0 Å². The second-order valence-electron chi connectivity index (χ2n) is 5.17. The molecule has 4 nitrogen and oxygen atoms in total. The summed E-state index contributed by atoms with van der Waals surface area (Å²) in [5.41, 5.74) is -0.541. The molecule has 4 heteroatoms. The van der Waals surface area contributed by atoms with Crippen LogP contribution in [-0.2, 0) is 4.74 Å². The first-order chi connectivity index (χ1) is 7.07. The lowest BCUT2D eigenvalue weighted by Gasteiger charge is -2.31. The van der Waals surface area contributed by atoms with Crippen LogP contribution in [0.15, 0.2) is 0 Å². The fraction of sp³-hybridized carbons (Fsp3) is 1.00. The highest BCUT2D eigenvalue weighted by Gasteiger charge is 2.34. The van der Waals surface area contributed by atoms with E-state index < -0.39 is 5.60 Å². The summed E-state index contributed by atoms with van der Waals surface area (Å²) in [6.45, 7) is 5.69. The van der Waals surface area contributed by atoms with E-state index in [0.717, 1.165) is 32.5 Å². The van der Waals surface area contributed by atoms with Gasteiger partial charge in [-0.05, 0) is 19.8 Å². The van der Waals surface area contributed by atoms with Crippen molar-refractivity contribution in [2.24, 2.45) is 5.92 Å². The van der Waals surface area contributed by atoms with Crippen molar-refractivity contribution in [3.05, 3.63) is 0 Å². The largest absolute Gasteiger partial charge is 0.393 e. The van der Waals surface area contributed by atoms with Crippen molar-refractivity contribution in [3.8, 4) is 0 Å². The van der Waals surface area contributed by atoms with Gasteiger partial charge in [0.1, 0.15) is 0 Å². The van der Waals surface area contributed by atoms with E-state index in [1.54, 1.807) is 0 Å². The number of aliphatic hydroxyl groups is 2. The predicted molar refractivity (Wildman–Crippen MR) is 56.6 cm³/mol. The van der Waals surface area contributed by atoms with Crippen molar-refractivity contribution in [3.63, 3.8) is 0 Å². The maximum atomic E-state index is 9.82. The van der Waals surface area contributed by atoms with E-state index in [2.05, 4.69) is 4.90 Å². The van der Waals surface area contributed by atoms with Crippen LogP contribution in [0, 0.1) is 5.92 Å². The van der Waals surface area contributed by atoms with E-state index in [1.165, 1.54) is 0 Å². The molecule has 0 amide bonds. The summed E-state index contributed by atoms with van der Waals surface area (Å²) in [7, 11) is 0. The van der Waals surface area contributed by atoms with Crippen molar-refractivity contribution in [2.75, 3.05) is 32.8 Å². The molecule has 2 fully saturated rings. The molecule has 0 aromatic carbocycles. The summed E-state index contributed by atoms with van der Waals surface area (Å²) in [5, 5.41) is 19.6. The number of β-amino-alcohol motifs (C(OH)–C–C–N with tert-alkyl or cyclic N) is 1. The second kappa shape index (κ2) is 4.37. The maximum absolute atomic E-state index is 9.82. The topological polar surface area (TPSA) is 52.9 Å². The number of hydrogen-bond donors (Lipinski definition) is 2. The second-order valence-corrected chi connectivity index (χ2v) is 5.17. The third-order valence-corrected chi connectivity index (χ3v) is 3.46. The molecule has 15 heavy (non-hydrogen) atoms. The van der Waals surface area contributed by atoms with Crippen LogP contribution in [0.5, 0.6) is 0 Å². The Kier molecular flexibility index (Phi) is 3.30. The van der Waals surface area contributed by atoms with E-state index in [-0.39, 0.29) is 12.0 Å². The summed E-state index contributed by atoms with van der Waals surface area (Å²) in [5.74, 6) is 0.215. The van der Waals surface area contributed by atoms with Gasteiger partial charge in [0.25, 0.3) is 0 Å². The zero-order chi connectivity index (χ0) is 10.9. The number of nitrogens with zero attached hydrogens (tertiary/aromatic N) is 1. The Hall–Kier alpha value is -0.160.